The number of hydrogen-bond acceptors (Lipinski definition) is 7. The van der Waals surface area contributed by atoms with E-state index in [0.717, 1.165) is 42.3 Å². The third-order valence-corrected chi connectivity index (χ3v) is 6.25. The molecular formula is C16H17FIN7S. The zero-order valence-corrected chi connectivity index (χ0v) is 16.7. The van der Waals surface area contributed by atoms with Crippen molar-refractivity contribution < 1.29 is 4.39 Å². The number of nitrogens with two attached hydrogens (primary N) is 1. The van der Waals surface area contributed by atoms with E-state index in [-0.39, 0.29) is 17.9 Å². The van der Waals surface area contributed by atoms with Crippen LogP contribution in [0.3, 0.4) is 0 Å². The summed E-state index contributed by atoms with van der Waals surface area (Å²) in [7, 11) is 1.49. The first-order valence-electron chi connectivity index (χ1n) is 8.31. The van der Waals surface area contributed by atoms with Crippen LogP contribution < -0.4 is 11.1 Å². The Morgan fingerprint density at radius 3 is 3.00 bits per heavy atom. The van der Waals surface area contributed by atoms with Gasteiger partial charge in [0.25, 0.3) is 0 Å². The van der Waals surface area contributed by atoms with Gasteiger partial charge in [-0.3, -0.25) is 3.97 Å². The minimum Gasteiger partial charge on any atom is -0.365 e. The van der Waals surface area contributed by atoms with Crippen LogP contribution in [0.15, 0.2) is 24.9 Å². The summed E-state index contributed by atoms with van der Waals surface area (Å²) in [6.45, 7) is 0. The van der Waals surface area contributed by atoms with E-state index in [9.17, 15) is 4.39 Å². The predicted molar refractivity (Wildman–Crippen MR) is 109 cm³/mol. The van der Waals surface area contributed by atoms with Crippen LogP contribution in [0, 0.1) is 5.82 Å². The maximum Gasteiger partial charge on any atom is 0.183 e. The molecule has 26 heavy (non-hydrogen) atoms. The normalized spacial score (nSPS) is 20.4. The molecule has 0 amide bonds. The maximum atomic E-state index is 14.3. The van der Waals surface area contributed by atoms with Crippen LogP contribution in [0.25, 0.3) is 22.4 Å². The van der Waals surface area contributed by atoms with Crippen LogP contribution in [0.5, 0.6) is 0 Å². The van der Waals surface area contributed by atoms with Gasteiger partial charge < -0.3 is 11.1 Å². The monoisotopic (exact) mass is 485 g/mol. The molecule has 1 fully saturated rings. The highest BCUT2D eigenvalue weighted by molar-refractivity contribution is 14.2. The van der Waals surface area contributed by atoms with Crippen LogP contribution in [0.1, 0.15) is 25.7 Å². The number of hydrogen-bond donors (Lipinski definition) is 2. The van der Waals surface area contributed by atoms with E-state index in [1.165, 1.54) is 21.6 Å². The molecule has 3 heterocycles. The number of anilines is 1. The van der Waals surface area contributed by atoms with Gasteiger partial charge in [-0.2, -0.15) is 0 Å². The number of halogens is 2. The van der Waals surface area contributed by atoms with Crippen molar-refractivity contribution in [3.8, 4) is 11.4 Å². The molecule has 3 N–H and O–H groups in total. The highest BCUT2D eigenvalue weighted by Gasteiger charge is 2.22. The van der Waals surface area contributed by atoms with Crippen molar-refractivity contribution in [1.29, 1.82) is 0 Å². The molecule has 0 spiro atoms. The van der Waals surface area contributed by atoms with E-state index in [1.54, 1.807) is 6.20 Å². The lowest BCUT2D eigenvalue weighted by atomic mass is 9.92. The first-order valence-corrected chi connectivity index (χ1v) is 11.6. The lowest BCUT2D eigenvalue weighted by Gasteiger charge is -2.27. The summed E-state index contributed by atoms with van der Waals surface area (Å²) in [6, 6.07) is 0.284. The number of nitrogens with zero attached hydrogens (tertiary/aromatic N) is 5. The topological polar surface area (TPSA) is 94.5 Å². The molecule has 1 aliphatic rings. The van der Waals surface area contributed by atoms with Crippen LogP contribution in [-0.4, -0.2) is 36.0 Å². The predicted octanol–water partition coefficient (Wildman–Crippen LogP) is 3.56. The first-order chi connectivity index (χ1) is 12.7. The molecule has 136 valence electrons. The quantitative estimate of drug-likeness (QED) is 0.546. The molecule has 2 atom stereocenters. The summed E-state index contributed by atoms with van der Waals surface area (Å²) in [5.74, 6) is 0.197. The third-order valence-electron chi connectivity index (χ3n) is 4.55. The Hall–Kier alpha value is -1.53. The van der Waals surface area contributed by atoms with Gasteiger partial charge in [0.2, 0.25) is 0 Å². The number of aromatic nitrogens is 5. The van der Waals surface area contributed by atoms with Gasteiger partial charge in [-0.05, 0) is 25.7 Å². The fourth-order valence-electron chi connectivity index (χ4n) is 3.32. The minimum atomic E-state index is -0.462. The van der Waals surface area contributed by atoms with Crippen LogP contribution in [0.2, 0.25) is 0 Å². The Kier molecular flexibility index (Phi) is 5.23. The lowest BCUT2D eigenvalue weighted by molar-refractivity contribution is 0.407. The van der Waals surface area contributed by atoms with Gasteiger partial charge in [0.05, 0.1) is 6.20 Å². The van der Waals surface area contributed by atoms with Crippen LogP contribution >= 0.6 is 30.3 Å². The van der Waals surface area contributed by atoms with Crippen molar-refractivity contribution in [3.05, 3.63) is 30.7 Å². The number of nitrogens with one attached hydrogen (secondary N) is 1. The van der Waals surface area contributed by atoms with Crippen molar-refractivity contribution in [2.24, 2.45) is 5.73 Å². The molecule has 0 radical (unpaired) electrons. The summed E-state index contributed by atoms with van der Waals surface area (Å²) < 4.78 is 16.2. The van der Waals surface area contributed by atoms with Crippen molar-refractivity contribution in [3.63, 3.8) is 0 Å². The SMILES string of the molecule is NC1CCCC(Nc2nc(-c3cn(SI)c4ncncc34)ncc2F)C1. The summed E-state index contributed by atoms with van der Waals surface area (Å²) in [4.78, 5) is 17.0. The molecule has 0 saturated heterocycles. The average molecular weight is 485 g/mol. The lowest BCUT2D eigenvalue weighted by Crippen LogP contribution is -2.35. The zero-order chi connectivity index (χ0) is 18.1. The van der Waals surface area contributed by atoms with Crippen molar-refractivity contribution >= 4 is 47.2 Å². The fraction of sp³-hybridized carbons (Fsp3) is 0.375. The van der Waals surface area contributed by atoms with Gasteiger partial charge in [0.1, 0.15) is 6.33 Å². The molecule has 10 heteroatoms. The molecule has 3 aromatic heterocycles. The van der Waals surface area contributed by atoms with Crippen LogP contribution in [-0.2, 0) is 0 Å². The molecular weight excluding hydrogens is 468 g/mol. The Morgan fingerprint density at radius 2 is 2.19 bits per heavy atom. The standard InChI is InChI=1S/C16H17FIN7S/c17-13-6-21-14(24-15(13)23-10-3-1-2-9(19)4-10)12-7-25(26-18)16-11(12)5-20-8-22-16/h5-10H,1-4,19H2,(H,21,23,24). The highest BCUT2D eigenvalue weighted by atomic mass is 127. The Labute approximate surface area is 166 Å². The van der Waals surface area contributed by atoms with Crippen molar-refractivity contribution in [2.75, 3.05) is 5.32 Å². The second-order valence-corrected chi connectivity index (χ2v) is 8.07. The maximum absolute atomic E-state index is 14.3. The minimum absolute atomic E-state index is 0.130. The number of fused-ring (bicyclic) bond motifs is 1. The van der Waals surface area contributed by atoms with Gasteiger partial charge in [-0.15, -0.1) is 0 Å². The molecule has 7 nitrogen and oxygen atoms in total. The molecule has 2 unspecified atom stereocenters. The Bertz CT molecular complexity index is 934. The third kappa shape index (κ3) is 3.49. The van der Waals surface area contributed by atoms with Gasteiger partial charge in [0.15, 0.2) is 23.1 Å². The van der Waals surface area contributed by atoms with E-state index in [1.807, 2.05) is 10.2 Å². The number of rotatable bonds is 4. The largest absolute Gasteiger partial charge is 0.365 e. The van der Waals surface area contributed by atoms with E-state index < -0.39 is 5.82 Å². The molecule has 4 rings (SSSR count). The highest BCUT2D eigenvalue weighted by Crippen LogP contribution is 2.32. The molecule has 0 bridgehead atoms. The smallest absolute Gasteiger partial charge is 0.183 e. The van der Waals surface area contributed by atoms with Gasteiger partial charge in [-0.1, -0.05) is 0 Å². The Balaban J connectivity index is 1.70. The molecule has 1 saturated carbocycles. The molecule has 1 aliphatic carbocycles. The summed E-state index contributed by atoms with van der Waals surface area (Å²) in [5, 5.41) is 4.04. The van der Waals surface area contributed by atoms with E-state index >= 15 is 0 Å². The van der Waals surface area contributed by atoms with Gasteiger partial charge in [0, 0.05) is 65.8 Å². The summed E-state index contributed by atoms with van der Waals surface area (Å²) in [6.07, 6.45) is 10.2. The zero-order valence-electron chi connectivity index (χ0n) is 13.8. The summed E-state index contributed by atoms with van der Waals surface area (Å²) >= 11 is 2.18. The average Bonchev–Trinajstić information content (AvgIpc) is 3.02. The second kappa shape index (κ2) is 7.61. The molecule has 0 aromatic carbocycles. The fourth-order valence-corrected chi connectivity index (χ4v) is 4.57. The second-order valence-electron chi connectivity index (χ2n) is 6.36. The molecule has 3 aromatic rings. The van der Waals surface area contributed by atoms with Crippen LogP contribution in [0.4, 0.5) is 10.2 Å². The van der Waals surface area contributed by atoms with Gasteiger partial charge in [-0.25, -0.2) is 24.3 Å². The molecule has 0 aliphatic heterocycles. The Morgan fingerprint density at radius 1 is 1.31 bits per heavy atom. The van der Waals surface area contributed by atoms with Gasteiger partial charge >= 0.3 is 0 Å². The van der Waals surface area contributed by atoms with E-state index in [2.05, 4.69) is 46.5 Å². The van der Waals surface area contributed by atoms with Crippen molar-refractivity contribution in [1.82, 2.24) is 23.9 Å². The first kappa shape index (κ1) is 17.9. The van der Waals surface area contributed by atoms with Crippen molar-refractivity contribution in [2.45, 2.75) is 37.8 Å². The van der Waals surface area contributed by atoms with E-state index in [0.29, 0.717) is 5.82 Å². The summed E-state index contributed by atoms with van der Waals surface area (Å²) in [5.41, 5.74) is 7.58. The van der Waals surface area contributed by atoms with E-state index in [4.69, 9.17) is 5.73 Å².